The molecule has 0 fully saturated rings. The van der Waals surface area contributed by atoms with Gasteiger partial charge in [0, 0.05) is 27.5 Å². The van der Waals surface area contributed by atoms with Crippen LogP contribution in [0.25, 0.3) is 0 Å². The van der Waals surface area contributed by atoms with Crippen LogP contribution in [-0.4, -0.2) is 17.6 Å². The van der Waals surface area contributed by atoms with E-state index >= 15 is 0 Å². The van der Waals surface area contributed by atoms with Crippen LogP contribution in [0.5, 0.6) is 0 Å². The van der Waals surface area contributed by atoms with Gasteiger partial charge in [0.05, 0.1) is 28.3 Å². The van der Waals surface area contributed by atoms with Crippen molar-refractivity contribution in [1.82, 2.24) is 5.32 Å². The smallest absolute Gasteiger partial charge is 0.254 e. The second kappa shape index (κ2) is 11.3. The van der Waals surface area contributed by atoms with Crippen molar-refractivity contribution < 1.29 is 9.59 Å². The van der Waals surface area contributed by atoms with Crippen molar-refractivity contribution in [1.29, 1.82) is 5.26 Å². The first-order valence-corrected chi connectivity index (χ1v) is 13.3. The number of carbonyl (C=O) groups is 2. The highest BCUT2D eigenvalue weighted by Crippen LogP contribution is 2.42. The van der Waals surface area contributed by atoms with Gasteiger partial charge in [-0.15, -0.1) is 11.3 Å². The maximum absolute atomic E-state index is 13.4. The van der Waals surface area contributed by atoms with Crippen LogP contribution in [0.2, 0.25) is 0 Å². The number of hydrogen-bond donors (Lipinski definition) is 3. The fourth-order valence-electron chi connectivity index (χ4n) is 4.00. The number of rotatable bonds is 7. The van der Waals surface area contributed by atoms with E-state index in [1.54, 1.807) is 0 Å². The SMILES string of the molecule is CC1=C(C(=O)Nc2ccccc2)[C@@H](c2cccs2)C(C#N)=C(SCC(=O)Nc2cccc(C)c2C)N1. The average Bonchev–Trinajstić information content (AvgIpc) is 3.40. The molecule has 3 aromatic rings. The second-order valence-electron chi connectivity index (χ2n) is 8.37. The van der Waals surface area contributed by atoms with Crippen LogP contribution < -0.4 is 16.0 Å². The summed E-state index contributed by atoms with van der Waals surface area (Å²) in [5.74, 6) is -0.836. The van der Waals surface area contributed by atoms with E-state index in [1.165, 1.54) is 23.1 Å². The molecule has 36 heavy (non-hydrogen) atoms. The highest BCUT2D eigenvalue weighted by atomic mass is 32.2. The van der Waals surface area contributed by atoms with E-state index in [0.717, 1.165) is 21.7 Å². The van der Waals surface area contributed by atoms with Gasteiger partial charge >= 0.3 is 0 Å². The average molecular weight is 515 g/mol. The number of nitrogens with zero attached hydrogens (tertiary/aromatic N) is 1. The maximum Gasteiger partial charge on any atom is 0.254 e. The summed E-state index contributed by atoms with van der Waals surface area (Å²) >= 11 is 2.76. The monoisotopic (exact) mass is 514 g/mol. The molecule has 2 amide bonds. The number of nitriles is 1. The standard InChI is InChI=1S/C28H26N4O2S2/c1-17-9-7-12-22(18(17)2)32-24(33)16-36-28-21(15-29)26(23-13-8-14-35-23)25(19(3)30-28)27(34)31-20-10-5-4-6-11-20/h4-14,26,30H,16H2,1-3H3,(H,31,34)(H,32,33)/t26-/m1/s1. The van der Waals surface area contributed by atoms with Crippen LogP contribution in [0.1, 0.15) is 28.8 Å². The molecule has 0 spiro atoms. The molecule has 1 atom stereocenters. The molecule has 182 valence electrons. The largest absolute Gasteiger partial charge is 0.353 e. The lowest BCUT2D eigenvalue weighted by Gasteiger charge is -2.29. The number of thiophene rings is 1. The molecule has 0 aliphatic carbocycles. The fourth-order valence-corrected chi connectivity index (χ4v) is 5.73. The minimum atomic E-state index is -0.524. The van der Waals surface area contributed by atoms with Gasteiger partial charge in [-0.25, -0.2) is 0 Å². The topological polar surface area (TPSA) is 94.0 Å². The van der Waals surface area contributed by atoms with Crippen LogP contribution in [0.3, 0.4) is 0 Å². The van der Waals surface area contributed by atoms with Gasteiger partial charge in [-0.2, -0.15) is 5.26 Å². The molecule has 2 aromatic carbocycles. The molecule has 1 aliphatic heterocycles. The summed E-state index contributed by atoms with van der Waals surface area (Å²) in [6.45, 7) is 5.80. The Morgan fingerprint density at radius 2 is 1.81 bits per heavy atom. The van der Waals surface area contributed by atoms with Gasteiger partial charge < -0.3 is 16.0 Å². The van der Waals surface area contributed by atoms with Crippen molar-refractivity contribution in [2.24, 2.45) is 0 Å². The molecule has 3 N–H and O–H groups in total. The van der Waals surface area contributed by atoms with Gasteiger partial charge in [0.15, 0.2) is 0 Å². The molecule has 8 heteroatoms. The minimum absolute atomic E-state index is 0.122. The van der Waals surface area contributed by atoms with Crippen LogP contribution >= 0.6 is 23.1 Å². The molecule has 1 aromatic heterocycles. The zero-order chi connectivity index (χ0) is 25.7. The number of carbonyl (C=O) groups excluding carboxylic acids is 2. The molecular weight excluding hydrogens is 488 g/mol. The molecular formula is C28H26N4O2S2. The predicted molar refractivity (Wildman–Crippen MR) is 148 cm³/mol. The van der Waals surface area contributed by atoms with E-state index in [1.807, 2.05) is 86.8 Å². The Morgan fingerprint density at radius 1 is 1.03 bits per heavy atom. The van der Waals surface area contributed by atoms with E-state index in [0.29, 0.717) is 27.6 Å². The third-order valence-electron chi connectivity index (χ3n) is 5.98. The Kier molecular flexibility index (Phi) is 7.93. The molecule has 0 radical (unpaired) electrons. The normalized spacial score (nSPS) is 15.2. The summed E-state index contributed by atoms with van der Waals surface area (Å²) in [4.78, 5) is 27.0. The lowest BCUT2D eigenvalue weighted by Crippen LogP contribution is -2.30. The number of dihydropyridines is 1. The van der Waals surface area contributed by atoms with Crippen molar-refractivity contribution in [2.75, 3.05) is 16.4 Å². The minimum Gasteiger partial charge on any atom is -0.353 e. The van der Waals surface area contributed by atoms with E-state index in [4.69, 9.17) is 0 Å². The molecule has 6 nitrogen and oxygen atoms in total. The van der Waals surface area contributed by atoms with Crippen LogP contribution in [-0.2, 0) is 9.59 Å². The van der Waals surface area contributed by atoms with Crippen molar-refractivity contribution in [3.05, 3.63) is 104 Å². The van der Waals surface area contributed by atoms with Gasteiger partial charge in [-0.1, -0.05) is 48.2 Å². The van der Waals surface area contributed by atoms with Crippen molar-refractivity contribution in [3.8, 4) is 6.07 Å². The number of allylic oxidation sites excluding steroid dienone is 2. The number of thioether (sulfide) groups is 1. The zero-order valence-electron chi connectivity index (χ0n) is 20.2. The Labute approximate surface area is 219 Å². The Balaban J connectivity index is 1.58. The number of anilines is 2. The number of benzene rings is 2. The second-order valence-corrected chi connectivity index (χ2v) is 10.3. The number of para-hydroxylation sites is 1. The highest BCUT2D eigenvalue weighted by molar-refractivity contribution is 8.03. The Hall–Kier alpha value is -3.80. The van der Waals surface area contributed by atoms with Crippen molar-refractivity contribution in [3.63, 3.8) is 0 Å². The summed E-state index contributed by atoms with van der Waals surface area (Å²) in [5, 5.41) is 21.8. The van der Waals surface area contributed by atoms with Gasteiger partial charge in [0.25, 0.3) is 5.91 Å². The lowest BCUT2D eigenvalue weighted by atomic mass is 9.86. The predicted octanol–water partition coefficient (Wildman–Crippen LogP) is 6.07. The van der Waals surface area contributed by atoms with Crippen LogP contribution in [0, 0.1) is 25.2 Å². The van der Waals surface area contributed by atoms with Gasteiger partial charge in [0.1, 0.15) is 0 Å². The highest BCUT2D eigenvalue weighted by Gasteiger charge is 2.35. The van der Waals surface area contributed by atoms with E-state index < -0.39 is 5.92 Å². The van der Waals surface area contributed by atoms with Gasteiger partial charge in [-0.05, 0) is 61.5 Å². The van der Waals surface area contributed by atoms with E-state index in [9.17, 15) is 14.9 Å². The van der Waals surface area contributed by atoms with Crippen LogP contribution in [0.15, 0.2) is 87.9 Å². The summed E-state index contributed by atoms with van der Waals surface area (Å²) < 4.78 is 0. The van der Waals surface area contributed by atoms with E-state index in [2.05, 4.69) is 22.0 Å². The Morgan fingerprint density at radius 3 is 2.50 bits per heavy atom. The third kappa shape index (κ3) is 5.54. The molecule has 0 unspecified atom stereocenters. The molecule has 0 saturated heterocycles. The fraction of sp³-hybridized carbons (Fsp3) is 0.179. The molecule has 4 rings (SSSR count). The molecule has 2 heterocycles. The zero-order valence-corrected chi connectivity index (χ0v) is 21.8. The van der Waals surface area contributed by atoms with Gasteiger partial charge in [0.2, 0.25) is 5.91 Å². The first-order chi connectivity index (χ1) is 17.4. The first-order valence-electron chi connectivity index (χ1n) is 11.4. The Bertz CT molecular complexity index is 1390. The number of nitrogens with one attached hydrogen (secondary N) is 3. The summed E-state index contributed by atoms with van der Waals surface area (Å²) in [5.41, 5.74) is 5.14. The van der Waals surface area contributed by atoms with Gasteiger partial charge in [-0.3, -0.25) is 9.59 Å². The number of aryl methyl sites for hydroxylation is 1. The first kappa shape index (κ1) is 25.3. The summed E-state index contributed by atoms with van der Waals surface area (Å²) in [6, 6.07) is 21.2. The molecule has 1 aliphatic rings. The number of hydrogen-bond acceptors (Lipinski definition) is 6. The third-order valence-corrected chi connectivity index (χ3v) is 7.93. The molecule has 0 bridgehead atoms. The quantitative estimate of drug-likeness (QED) is 0.356. The van der Waals surface area contributed by atoms with Crippen molar-refractivity contribution in [2.45, 2.75) is 26.7 Å². The molecule has 0 saturated carbocycles. The van der Waals surface area contributed by atoms with E-state index in [-0.39, 0.29) is 17.6 Å². The summed E-state index contributed by atoms with van der Waals surface area (Å²) in [6.07, 6.45) is 0. The van der Waals surface area contributed by atoms with Crippen LogP contribution in [0.4, 0.5) is 11.4 Å². The lowest BCUT2D eigenvalue weighted by molar-refractivity contribution is -0.114. The number of amides is 2. The van der Waals surface area contributed by atoms with Crippen molar-refractivity contribution >= 4 is 46.3 Å². The maximum atomic E-state index is 13.4. The summed E-state index contributed by atoms with van der Waals surface area (Å²) in [7, 11) is 0.